The fourth-order valence-corrected chi connectivity index (χ4v) is 4.46. The maximum atomic E-state index is 12.6. The van der Waals surface area contributed by atoms with E-state index in [1.54, 1.807) is 0 Å². The van der Waals surface area contributed by atoms with E-state index < -0.39 is 5.54 Å². The van der Waals surface area contributed by atoms with Crippen LogP contribution in [0.1, 0.15) is 77.0 Å². The minimum atomic E-state index is -0.706. The first kappa shape index (κ1) is 20.1. The molecule has 1 heterocycles. The third-order valence-electron chi connectivity index (χ3n) is 6.06. The molecule has 2 N–H and O–H groups in total. The van der Waals surface area contributed by atoms with E-state index in [1.165, 1.54) is 24.2 Å². The van der Waals surface area contributed by atoms with Gasteiger partial charge < -0.3 is 15.4 Å². The summed E-state index contributed by atoms with van der Waals surface area (Å²) >= 11 is 0. The van der Waals surface area contributed by atoms with Crippen molar-refractivity contribution >= 4 is 17.8 Å². The summed E-state index contributed by atoms with van der Waals surface area (Å²) in [6, 6.07) is -0.351. The molecule has 0 aromatic carbocycles. The third-order valence-corrected chi connectivity index (χ3v) is 6.06. The van der Waals surface area contributed by atoms with Gasteiger partial charge in [0.15, 0.2) is 0 Å². The molecule has 1 aliphatic heterocycles. The average Bonchev–Trinajstić information content (AvgIpc) is 2.90. The zero-order valence-electron chi connectivity index (χ0n) is 16.3. The van der Waals surface area contributed by atoms with Crippen molar-refractivity contribution in [3.05, 3.63) is 0 Å². The van der Waals surface area contributed by atoms with E-state index in [0.29, 0.717) is 32.1 Å². The van der Waals surface area contributed by atoms with Gasteiger partial charge in [0, 0.05) is 26.1 Å². The number of nitrogens with one attached hydrogen (secondary N) is 2. The van der Waals surface area contributed by atoms with Gasteiger partial charge in [-0.1, -0.05) is 38.5 Å². The lowest BCUT2D eigenvalue weighted by molar-refractivity contribution is -0.132. The first-order valence-corrected chi connectivity index (χ1v) is 10.6. The van der Waals surface area contributed by atoms with Crippen molar-refractivity contribution < 1.29 is 19.1 Å². The van der Waals surface area contributed by atoms with Crippen molar-refractivity contribution in [2.24, 2.45) is 0 Å². The van der Waals surface area contributed by atoms with E-state index in [-0.39, 0.29) is 30.8 Å². The van der Waals surface area contributed by atoms with Gasteiger partial charge in [0.2, 0.25) is 5.91 Å². The van der Waals surface area contributed by atoms with E-state index in [1.807, 2.05) is 0 Å². The van der Waals surface area contributed by atoms with Crippen LogP contribution in [0.4, 0.5) is 4.79 Å². The topological polar surface area (TPSA) is 87.7 Å². The van der Waals surface area contributed by atoms with Crippen molar-refractivity contribution in [1.82, 2.24) is 15.5 Å². The summed E-state index contributed by atoms with van der Waals surface area (Å²) in [6.45, 7) is 1.38. The Labute approximate surface area is 161 Å². The summed E-state index contributed by atoms with van der Waals surface area (Å²) in [6.07, 6.45) is 11.9. The smallest absolute Gasteiger partial charge is 0.325 e. The van der Waals surface area contributed by atoms with Crippen LogP contribution < -0.4 is 10.6 Å². The highest BCUT2D eigenvalue weighted by Gasteiger charge is 2.50. The lowest BCUT2D eigenvalue weighted by Gasteiger charge is -2.30. The Balaban J connectivity index is 1.30. The second kappa shape index (κ2) is 9.53. The predicted molar refractivity (Wildman–Crippen MR) is 101 cm³/mol. The number of carbonyl (C=O) groups is 3. The lowest BCUT2D eigenvalue weighted by Crippen LogP contribution is -2.48. The molecular formula is C20H33N3O4. The first-order chi connectivity index (χ1) is 13.1. The maximum absolute atomic E-state index is 12.6. The Morgan fingerprint density at radius 3 is 2.56 bits per heavy atom. The second-order valence-electron chi connectivity index (χ2n) is 8.11. The van der Waals surface area contributed by atoms with Gasteiger partial charge in [-0.2, -0.15) is 0 Å². The summed E-state index contributed by atoms with van der Waals surface area (Å²) in [7, 11) is 0. The standard InChI is InChI=1S/C20H33N3O4/c24-17(21-13-7-15-27-16-8-3-1-4-9-16)10-14-23-18(25)20(22-19(23)26)11-5-2-6-12-20/h16H,1-15H2,(H,21,24)(H,22,26). The molecule has 1 spiro atoms. The van der Waals surface area contributed by atoms with Gasteiger partial charge in [0.1, 0.15) is 5.54 Å². The normalized spacial score (nSPS) is 22.9. The minimum Gasteiger partial charge on any atom is -0.378 e. The van der Waals surface area contributed by atoms with Crippen LogP contribution in [0.25, 0.3) is 0 Å². The molecule has 0 atom stereocenters. The number of imide groups is 1. The van der Waals surface area contributed by atoms with Gasteiger partial charge in [-0.25, -0.2) is 4.79 Å². The highest BCUT2D eigenvalue weighted by atomic mass is 16.5. The van der Waals surface area contributed by atoms with Crippen molar-refractivity contribution in [3.63, 3.8) is 0 Å². The van der Waals surface area contributed by atoms with Crippen LogP contribution in [0.3, 0.4) is 0 Å². The van der Waals surface area contributed by atoms with Crippen LogP contribution in [-0.4, -0.2) is 54.1 Å². The Morgan fingerprint density at radius 2 is 1.81 bits per heavy atom. The third kappa shape index (κ3) is 5.21. The monoisotopic (exact) mass is 379 g/mol. The van der Waals surface area contributed by atoms with E-state index in [0.717, 1.165) is 38.5 Å². The summed E-state index contributed by atoms with van der Waals surface area (Å²) in [5.74, 6) is -0.279. The highest BCUT2D eigenvalue weighted by molar-refractivity contribution is 6.07. The van der Waals surface area contributed by atoms with Gasteiger partial charge in [-0.15, -0.1) is 0 Å². The molecule has 1 saturated heterocycles. The number of hydrogen-bond acceptors (Lipinski definition) is 4. The van der Waals surface area contributed by atoms with Gasteiger partial charge in [-0.3, -0.25) is 14.5 Å². The largest absolute Gasteiger partial charge is 0.378 e. The summed E-state index contributed by atoms with van der Waals surface area (Å²) in [4.78, 5) is 38.1. The molecule has 0 radical (unpaired) electrons. The molecule has 4 amide bonds. The molecule has 0 unspecified atom stereocenters. The van der Waals surface area contributed by atoms with Crippen molar-refractivity contribution in [2.75, 3.05) is 19.7 Å². The highest BCUT2D eigenvalue weighted by Crippen LogP contribution is 2.33. The molecule has 0 bridgehead atoms. The van der Waals surface area contributed by atoms with E-state index in [2.05, 4.69) is 10.6 Å². The Hall–Kier alpha value is -1.63. The van der Waals surface area contributed by atoms with Gasteiger partial charge in [0.05, 0.1) is 6.10 Å². The average molecular weight is 380 g/mol. The van der Waals surface area contributed by atoms with E-state index >= 15 is 0 Å². The van der Waals surface area contributed by atoms with Crippen molar-refractivity contribution in [2.45, 2.75) is 88.7 Å². The molecule has 0 aromatic rings. The fraction of sp³-hybridized carbons (Fsp3) is 0.850. The number of amides is 4. The molecule has 2 aliphatic carbocycles. The number of hydrogen-bond donors (Lipinski definition) is 2. The van der Waals surface area contributed by atoms with Crippen molar-refractivity contribution in [3.8, 4) is 0 Å². The minimum absolute atomic E-state index is 0.127. The summed E-state index contributed by atoms with van der Waals surface area (Å²) in [5, 5.41) is 5.73. The predicted octanol–water partition coefficient (Wildman–Crippen LogP) is 2.49. The molecule has 0 aromatic heterocycles. The SMILES string of the molecule is O=C(CCN1C(=O)NC2(CCCCC2)C1=O)NCCCOC1CCCCC1. The summed E-state index contributed by atoms with van der Waals surface area (Å²) in [5.41, 5.74) is -0.706. The van der Waals surface area contributed by atoms with Gasteiger partial charge in [-0.05, 0) is 32.1 Å². The maximum Gasteiger partial charge on any atom is 0.325 e. The van der Waals surface area contributed by atoms with Crippen LogP contribution in [0.5, 0.6) is 0 Å². The molecule has 3 rings (SSSR count). The van der Waals surface area contributed by atoms with Crippen LogP contribution in [0.2, 0.25) is 0 Å². The van der Waals surface area contributed by atoms with Crippen LogP contribution in [0, 0.1) is 0 Å². The van der Waals surface area contributed by atoms with Crippen LogP contribution >= 0.6 is 0 Å². The molecule has 2 saturated carbocycles. The molecular weight excluding hydrogens is 346 g/mol. The summed E-state index contributed by atoms with van der Waals surface area (Å²) < 4.78 is 5.84. The van der Waals surface area contributed by atoms with Crippen LogP contribution in [0.15, 0.2) is 0 Å². The van der Waals surface area contributed by atoms with Gasteiger partial charge in [0.25, 0.3) is 5.91 Å². The molecule has 7 heteroatoms. The number of carbonyl (C=O) groups excluding carboxylic acids is 3. The lowest BCUT2D eigenvalue weighted by atomic mass is 9.82. The number of rotatable bonds is 8. The number of nitrogens with zero attached hydrogens (tertiary/aromatic N) is 1. The number of urea groups is 1. The number of ether oxygens (including phenoxy) is 1. The van der Waals surface area contributed by atoms with Gasteiger partial charge >= 0.3 is 6.03 Å². The second-order valence-corrected chi connectivity index (χ2v) is 8.11. The van der Waals surface area contributed by atoms with Crippen LogP contribution in [-0.2, 0) is 14.3 Å². The zero-order valence-corrected chi connectivity index (χ0v) is 16.3. The Bertz CT molecular complexity index is 539. The Kier molecular flexibility index (Phi) is 7.10. The molecule has 3 fully saturated rings. The molecule has 7 nitrogen and oxygen atoms in total. The quantitative estimate of drug-likeness (QED) is 0.501. The fourth-order valence-electron chi connectivity index (χ4n) is 4.46. The first-order valence-electron chi connectivity index (χ1n) is 10.6. The van der Waals surface area contributed by atoms with Crippen molar-refractivity contribution in [1.29, 1.82) is 0 Å². The molecule has 27 heavy (non-hydrogen) atoms. The van der Waals surface area contributed by atoms with E-state index in [9.17, 15) is 14.4 Å². The zero-order chi connectivity index (χ0) is 19.1. The molecule has 152 valence electrons. The Morgan fingerprint density at radius 1 is 1.11 bits per heavy atom. The molecule has 3 aliphatic rings. The van der Waals surface area contributed by atoms with E-state index in [4.69, 9.17) is 4.74 Å².